The predicted octanol–water partition coefficient (Wildman–Crippen LogP) is 2.33. The van der Waals surface area contributed by atoms with Crippen molar-refractivity contribution < 1.29 is 19.1 Å². The lowest BCUT2D eigenvalue weighted by Crippen LogP contribution is -2.13. The Labute approximate surface area is 114 Å². The van der Waals surface area contributed by atoms with E-state index in [1.54, 1.807) is 25.1 Å². The van der Waals surface area contributed by atoms with E-state index in [9.17, 15) is 9.59 Å². The Bertz CT molecular complexity index is 673. The first kappa shape index (κ1) is 13.5. The maximum atomic E-state index is 11.9. The third kappa shape index (κ3) is 3.32. The highest BCUT2D eigenvalue weighted by molar-refractivity contribution is 6.02. The standard InChI is InChI=1S/C14H12N2O4/c1-9-5-7-20-13(9)14(19)16-11-8-10(4-6-15-11)2-3-12(17)18/h2-8H,1H3,(H,17,18)(H,15,16,19)/b3-2+. The summed E-state index contributed by atoms with van der Waals surface area (Å²) in [6.45, 7) is 1.76. The summed E-state index contributed by atoms with van der Waals surface area (Å²) in [6, 6.07) is 4.89. The van der Waals surface area contributed by atoms with Gasteiger partial charge >= 0.3 is 5.97 Å². The van der Waals surface area contributed by atoms with E-state index in [0.717, 1.165) is 11.6 Å². The van der Waals surface area contributed by atoms with E-state index in [-0.39, 0.29) is 5.76 Å². The number of carboxylic acids is 1. The van der Waals surface area contributed by atoms with Crippen LogP contribution in [0, 0.1) is 6.92 Å². The zero-order valence-electron chi connectivity index (χ0n) is 10.7. The molecule has 20 heavy (non-hydrogen) atoms. The predicted molar refractivity (Wildman–Crippen MR) is 72.3 cm³/mol. The average molecular weight is 272 g/mol. The van der Waals surface area contributed by atoms with E-state index in [2.05, 4.69) is 10.3 Å². The summed E-state index contributed by atoms with van der Waals surface area (Å²) in [5.74, 6) is -0.908. The molecule has 0 aliphatic carbocycles. The van der Waals surface area contributed by atoms with Crippen molar-refractivity contribution in [2.75, 3.05) is 5.32 Å². The molecule has 2 rings (SSSR count). The number of anilines is 1. The first-order valence-corrected chi connectivity index (χ1v) is 5.79. The van der Waals surface area contributed by atoms with Crippen LogP contribution >= 0.6 is 0 Å². The highest BCUT2D eigenvalue weighted by Gasteiger charge is 2.13. The summed E-state index contributed by atoms with van der Waals surface area (Å²) in [4.78, 5) is 26.4. The summed E-state index contributed by atoms with van der Waals surface area (Å²) in [5, 5.41) is 11.1. The third-order valence-electron chi connectivity index (χ3n) is 2.51. The SMILES string of the molecule is Cc1ccoc1C(=O)Nc1cc(/C=C/C(=O)O)ccn1. The van der Waals surface area contributed by atoms with Crippen LogP contribution in [0.1, 0.15) is 21.7 Å². The smallest absolute Gasteiger partial charge is 0.328 e. The largest absolute Gasteiger partial charge is 0.478 e. The summed E-state index contributed by atoms with van der Waals surface area (Å²) in [6.07, 6.45) is 5.34. The highest BCUT2D eigenvalue weighted by Crippen LogP contribution is 2.13. The molecule has 1 amide bonds. The minimum atomic E-state index is -1.04. The molecule has 0 saturated carbocycles. The molecule has 0 aromatic carbocycles. The Morgan fingerprint density at radius 2 is 2.20 bits per heavy atom. The van der Waals surface area contributed by atoms with Crippen LogP contribution in [0.15, 0.2) is 41.2 Å². The zero-order valence-corrected chi connectivity index (χ0v) is 10.7. The molecule has 0 atom stereocenters. The van der Waals surface area contributed by atoms with Crippen LogP contribution < -0.4 is 5.32 Å². The summed E-state index contributed by atoms with van der Waals surface area (Å²) < 4.78 is 5.08. The molecule has 0 radical (unpaired) electrons. The van der Waals surface area contributed by atoms with Gasteiger partial charge in [0.05, 0.1) is 6.26 Å². The number of hydrogen-bond donors (Lipinski definition) is 2. The number of amides is 1. The molecular weight excluding hydrogens is 260 g/mol. The third-order valence-corrected chi connectivity index (χ3v) is 2.51. The van der Waals surface area contributed by atoms with E-state index in [0.29, 0.717) is 11.4 Å². The van der Waals surface area contributed by atoms with Crippen LogP contribution in [-0.2, 0) is 4.79 Å². The number of hydrogen-bond acceptors (Lipinski definition) is 4. The molecule has 0 bridgehead atoms. The fourth-order valence-corrected chi connectivity index (χ4v) is 1.56. The van der Waals surface area contributed by atoms with E-state index < -0.39 is 11.9 Å². The Balaban J connectivity index is 2.14. The molecule has 0 fully saturated rings. The van der Waals surface area contributed by atoms with E-state index >= 15 is 0 Å². The van der Waals surface area contributed by atoms with Crippen LogP contribution in [-0.4, -0.2) is 22.0 Å². The molecular formula is C14H12N2O4. The van der Waals surface area contributed by atoms with Crippen LogP contribution in [0.4, 0.5) is 5.82 Å². The lowest BCUT2D eigenvalue weighted by atomic mass is 10.2. The van der Waals surface area contributed by atoms with Gasteiger partial charge in [-0.05, 0) is 36.8 Å². The maximum Gasteiger partial charge on any atom is 0.328 e. The van der Waals surface area contributed by atoms with Crippen molar-refractivity contribution in [2.45, 2.75) is 6.92 Å². The Kier molecular flexibility index (Phi) is 3.95. The van der Waals surface area contributed by atoms with Crippen LogP contribution in [0.25, 0.3) is 6.08 Å². The molecule has 102 valence electrons. The lowest BCUT2D eigenvalue weighted by molar-refractivity contribution is -0.131. The number of nitrogens with one attached hydrogen (secondary N) is 1. The number of aliphatic carboxylic acids is 1. The molecule has 0 unspecified atom stereocenters. The normalized spacial score (nSPS) is 10.7. The van der Waals surface area contributed by atoms with Gasteiger partial charge in [-0.2, -0.15) is 0 Å². The quantitative estimate of drug-likeness (QED) is 0.833. The summed E-state index contributed by atoms with van der Waals surface area (Å²) in [7, 11) is 0. The molecule has 0 aliphatic heterocycles. The van der Waals surface area contributed by atoms with Gasteiger partial charge in [-0.3, -0.25) is 4.79 Å². The summed E-state index contributed by atoms with van der Waals surface area (Å²) >= 11 is 0. The fourth-order valence-electron chi connectivity index (χ4n) is 1.56. The second-order valence-corrected chi connectivity index (χ2v) is 4.03. The van der Waals surface area contributed by atoms with Crippen molar-refractivity contribution in [3.63, 3.8) is 0 Å². The van der Waals surface area contributed by atoms with Gasteiger partial charge < -0.3 is 14.8 Å². The van der Waals surface area contributed by atoms with Gasteiger partial charge in [-0.1, -0.05) is 0 Å². The van der Waals surface area contributed by atoms with Gasteiger partial charge in [0.1, 0.15) is 5.82 Å². The molecule has 2 N–H and O–H groups in total. The molecule has 0 saturated heterocycles. The van der Waals surface area contributed by atoms with Crippen molar-refractivity contribution in [3.05, 3.63) is 53.6 Å². The number of aromatic nitrogens is 1. The van der Waals surface area contributed by atoms with Crippen molar-refractivity contribution in [2.24, 2.45) is 0 Å². The highest BCUT2D eigenvalue weighted by atomic mass is 16.4. The molecule has 6 nitrogen and oxygen atoms in total. The molecule has 0 aliphatic rings. The van der Waals surface area contributed by atoms with Gasteiger partial charge in [-0.25, -0.2) is 9.78 Å². The number of carbonyl (C=O) groups excluding carboxylic acids is 1. The first-order valence-electron chi connectivity index (χ1n) is 5.79. The molecule has 2 aromatic rings. The van der Waals surface area contributed by atoms with Gasteiger partial charge in [0, 0.05) is 17.8 Å². The summed E-state index contributed by atoms with van der Waals surface area (Å²) in [5.41, 5.74) is 1.35. The second kappa shape index (κ2) is 5.83. The van der Waals surface area contributed by atoms with E-state index in [1.165, 1.54) is 18.5 Å². The Hall–Kier alpha value is -2.89. The second-order valence-electron chi connectivity index (χ2n) is 4.03. The van der Waals surface area contributed by atoms with Crippen molar-refractivity contribution in [1.29, 1.82) is 0 Å². The van der Waals surface area contributed by atoms with E-state index in [1.807, 2.05) is 0 Å². The fraction of sp³-hybridized carbons (Fsp3) is 0.0714. The number of nitrogens with zero attached hydrogens (tertiary/aromatic N) is 1. The number of aryl methyl sites for hydroxylation is 1. The number of rotatable bonds is 4. The maximum absolute atomic E-state index is 11.9. The molecule has 2 aromatic heterocycles. The topological polar surface area (TPSA) is 92.4 Å². The molecule has 6 heteroatoms. The van der Waals surface area contributed by atoms with Crippen molar-refractivity contribution >= 4 is 23.8 Å². The number of furan rings is 1. The molecule has 0 spiro atoms. The Morgan fingerprint density at radius 1 is 1.40 bits per heavy atom. The van der Waals surface area contributed by atoms with Gasteiger partial charge in [0.2, 0.25) is 0 Å². The van der Waals surface area contributed by atoms with Gasteiger partial charge in [0.25, 0.3) is 5.91 Å². The van der Waals surface area contributed by atoms with Crippen LogP contribution in [0.3, 0.4) is 0 Å². The van der Waals surface area contributed by atoms with Crippen LogP contribution in [0.5, 0.6) is 0 Å². The van der Waals surface area contributed by atoms with Crippen molar-refractivity contribution in [1.82, 2.24) is 4.98 Å². The van der Waals surface area contributed by atoms with Gasteiger partial charge in [-0.15, -0.1) is 0 Å². The van der Waals surface area contributed by atoms with Crippen LogP contribution in [0.2, 0.25) is 0 Å². The first-order chi connectivity index (χ1) is 9.56. The number of carbonyl (C=O) groups is 2. The number of pyridine rings is 1. The minimum Gasteiger partial charge on any atom is -0.478 e. The lowest BCUT2D eigenvalue weighted by Gasteiger charge is -2.03. The Morgan fingerprint density at radius 3 is 2.85 bits per heavy atom. The molecule has 2 heterocycles. The monoisotopic (exact) mass is 272 g/mol. The van der Waals surface area contributed by atoms with Crippen molar-refractivity contribution in [3.8, 4) is 0 Å². The van der Waals surface area contributed by atoms with Gasteiger partial charge in [0.15, 0.2) is 5.76 Å². The average Bonchev–Trinajstić information content (AvgIpc) is 2.83. The number of carboxylic acid groups (broad SMARTS) is 1. The van der Waals surface area contributed by atoms with E-state index in [4.69, 9.17) is 9.52 Å². The minimum absolute atomic E-state index is 0.221. The zero-order chi connectivity index (χ0) is 14.5.